The maximum Gasteiger partial charge on any atom is 0.0100 e. The van der Waals surface area contributed by atoms with Gasteiger partial charge in [-0.1, -0.05) is 40.5 Å². The van der Waals surface area contributed by atoms with Crippen LogP contribution in [0.3, 0.4) is 0 Å². The molecule has 0 aliphatic heterocycles. The molecule has 1 aliphatic rings. The first kappa shape index (κ1) is 15.4. The molecule has 2 heteroatoms. The molecule has 0 aromatic rings. The van der Waals surface area contributed by atoms with Crippen LogP contribution in [0.5, 0.6) is 0 Å². The quantitative estimate of drug-likeness (QED) is 0.711. The monoisotopic (exact) mass is 257 g/mol. The van der Waals surface area contributed by atoms with Crippen LogP contribution in [-0.4, -0.2) is 24.1 Å². The Labute approximate surface area is 113 Å². The third-order valence-electron chi connectivity index (χ3n) is 3.95. The Hall–Kier alpha value is 0.310. The third kappa shape index (κ3) is 5.65. The summed E-state index contributed by atoms with van der Waals surface area (Å²) in [5.74, 6) is 3.44. The molecule has 102 valence electrons. The Morgan fingerprint density at radius 2 is 1.88 bits per heavy atom. The van der Waals surface area contributed by atoms with Crippen molar-refractivity contribution in [3.05, 3.63) is 0 Å². The summed E-state index contributed by atoms with van der Waals surface area (Å²) in [4.78, 5) is 0. The van der Waals surface area contributed by atoms with E-state index in [9.17, 15) is 0 Å². The number of thioether (sulfide) groups is 1. The number of rotatable bonds is 6. The molecule has 1 rings (SSSR count). The molecule has 2 unspecified atom stereocenters. The molecule has 17 heavy (non-hydrogen) atoms. The van der Waals surface area contributed by atoms with Crippen molar-refractivity contribution in [1.82, 2.24) is 5.32 Å². The number of nitrogens with one attached hydrogen (secondary N) is 1. The summed E-state index contributed by atoms with van der Waals surface area (Å²) >= 11 is 2.06. The number of hydrogen-bond donors (Lipinski definition) is 1. The normalized spacial score (nSPS) is 26.1. The van der Waals surface area contributed by atoms with Gasteiger partial charge < -0.3 is 5.32 Å². The van der Waals surface area contributed by atoms with Crippen LogP contribution < -0.4 is 5.32 Å². The van der Waals surface area contributed by atoms with Gasteiger partial charge in [-0.15, -0.1) is 0 Å². The molecule has 1 saturated carbocycles. The van der Waals surface area contributed by atoms with Crippen LogP contribution >= 0.6 is 11.8 Å². The van der Waals surface area contributed by atoms with Crippen molar-refractivity contribution in [2.75, 3.05) is 18.1 Å². The van der Waals surface area contributed by atoms with Crippen molar-refractivity contribution in [2.24, 2.45) is 11.3 Å². The predicted octanol–water partition coefficient (Wildman–Crippen LogP) is 4.32. The van der Waals surface area contributed by atoms with Gasteiger partial charge in [-0.05, 0) is 48.6 Å². The minimum absolute atomic E-state index is 0.469. The average molecular weight is 257 g/mol. The van der Waals surface area contributed by atoms with Crippen LogP contribution in [0, 0.1) is 11.3 Å². The summed E-state index contributed by atoms with van der Waals surface area (Å²) in [6.45, 7) is 10.7. The van der Waals surface area contributed by atoms with Gasteiger partial charge in [0.1, 0.15) is 0 Å². The lowest BCUT2D eigenvalue weighted by molar-refractivity contribution is 0.131. The molecule has 0 saturated heterocycles. The molecule has 0 bridgehead atoms. The highest BCUT2D eigenvalue weighted by atomic mass is 32.2. The first-order valence-electron chi connectivity index (χ1n) is 7.37. The van der Waals surface area contributed by atoms with Crippen LogP contribution in [0.1, 0.15) is 59.8 Å². The van der Waals surface area contributed by atoms with E-state index in [0.29, 0.717) is 5.41 Å². The van der Waals surface area contributed by atoms with E-state index in [1.54, 1.807) is 0 Å². The molecule has 1 N–H and O–H groups in total. The van der Waals surface area contributed by atoms with Crippen LogP contribution in [-0.2, 0) is 0 Å². The van der Waals surface area contributed by atoms with Crippen molar-refractivity contribution in [1.29, 1.82) is 0 Å². The van der Waals surface area contributed by atoms with E-state index in [-0.39, 0.29) is 0 Å². The van der Waals surface area contributed by atoms with Gasteiger partial charge in [0.05, 0.1) is 0 Å². The summed E-state index contributed by atoms with van der Waals surface area (Å²) < 4.78 is 0. The van der Waals surface area contributed by atoms with E-state index in [4.69, 9.17) is 0 Å². The van der Waals surface area contributed by atoms with Gasteiger partial charge in [0.15, 0.2) is 0 Å². The molecule has 1 aliphatic carbocycles. The van der Waals surface area contributed by atoms with Crippen LogP contribution in [0.25, 0.3) is 0 Å². The topological polar surface area (TPSA) is 12.0 Å². The first-order valence-corrected chi connectivity index (χ1v) is 8.52. The zero-order valence-electron chi connectivity index (χ0n) is 12.2. The summed E-state index contributed by atoms with van der Waals surface area (Å²) in [5.41, 5.74) is 0.469. The standard InChI is InChI=1S/C15H31NS/c1-5-17-12-8-11-16-14-10-7-6-9-13(14)15(2,3)4/h13-14,16H,5-12H2,1-4H3. The first-order chi connectivity index (χ1) is 8.05. The highest BCUT2D eigenvalue weighted by Gasteiger charge is 2.33. The van der Waals surface area contributed by atoms with E-state index in [1.807, 2.05) is 0 Å². The second-order valence-corrected chi connectivity index (χ2v) is 7.76. The molecule has 1 nitrogen and oxygen atoms in total. The molecule has 0 amide bonds. The van der Waals surface area contributed by atoms with Crippen molar-refractivity contribution >= 4 is 11.8 Å². The smallest absolute Gasteiger partial charge is 0.0100 e. The molecule has 0 spiro atoms. The fraction of sp³-hybridized carbons (Fsp3) is 1.00. The Bertz CT molecular complexity index is 198. The Morgan fingerprint density at radius 1 is 1.18 bits per heavy atom. The van der Waals surface area contributed by atoms with E-state index in [1.165, 1.54) is 50.2 Å². The molecular formula is C15H31NS. The molecule has 0 heterocycles. The summed E-state index contributed by atoms with van der Waals surface area (Å²) in [5, 5.41) is 3.82. The molecule has 1 fully saturated rings. The van der Waals surface area contributed by atoms with Gasteiger partial charge in [-0.25, -0.2) is 0 Å². The average Bonchev–Trinajstić information content (AvgIpc) is 2.28. The van der Waals surface area contributed by atoms with Crippen molar-refractivity contribution < 1.29 is 0 Å². The zero-order valence-corrected chi connectivity index (χ0v) is 13.0. The maximum atomic E-state index is 3.82. The lowest BCUT2D eigenvalue weighted by Gasteiger charge is -2.41. The van der Waals surface area contributed by atoms with Gasteiger partial charge in [-0.3, -0.25) is 0 Å². The Kier molecular flexibility index (Phi) is 6.94. The summed E-state index contributed by atoms with van der Waals surface area (Å²) in [7, 11) is 0. The van der Waals surface area contributed by atoms with Gasteiger partial charge in [0, 0.05) is 6.04 Å². The van der Waals surface area contributed by atoms with Gasteiger partial charge in [-0.2, -0.15) is 11.8 Å². The number of hydrogen-bond acceptors (Lipinski definition) is 2. The van der Waals surface area contributed by atoms with Crippen molar-refractivity contribution in [2.45, 2.75) is 65.8 Å². The van der Waals surface area contributed by atoms with Crippen molar-refractivity contribution in [3.8, 4) is 0 Å². The van der Waals surface area contributed by atoms with Gasteiger partial charge in [0.25, 0.3) is 0 Å². The molecule has 0 aromatic carbocycles. The molecule has 2 atom stereocenters. The highest BCUT2D eigenvalue weighted by Crippen LogP contribution is 2.37. The third-order valence-corrected chi connectivity index (χ3v) is 4.94. The lowest BCUT2D eigenvalue weighted by atomic mass is 9.69. The van der Waals surface area contributed by atoms with Gasteiger partial charge >= 0.3 is 0 Å². The van der Waals surface area contributed by atoms with Gasteiger partial charge in [0.2, 0.25) is 0 Å². The molecular weight excluding hydrogens is 226 g/mol. The lowest BCUT2D eigenvalue weighted by Crippen LogP contribution is -2.44. The minimum Gasteiger partial charge on any atom is -0.314 e. The molecule has 0 aromatic heterocycles. The second kappa shape index (κ2) is 7.68. The Balaban J connectivity index is 2.28. The van der Waals surface area contributed by atoms with Crippen molar-refractivity contribution in [3.63, 3.8) is 0 Å². The largest absolute Gasteiger partial charge is 0.314 e. The van der Waals surface area contributed by atoms with E-state index in [0.717, 1.165) is 12.0 Å². The highest BCUT2D eigenvalue weighted by molar-refractivity contribution is 7.99. The predicted molar refractivity (Wildman–Crippen MR) is 80.8 cm³/mol. The molecule has 0 radical (unpaired) electrons. The Morgan fingerprint density at radius 3 is 2.53 bits per heavy atom. The second-order valence-electron chi connectivity index (χ2n) is 6.37. The SMILES string of the molecule is CCSCCCNC1CCCCC1C(C)(C)C. The van der Waals surface area contributed by atoms with Crippen LogP contribution in [0.15, 0.2) is 0 Å². The zero-order chi connectivity index (χ0) is 12.7. The van der Waals surface area contributed by atoms with E-state index < -0.39 is 0 Å². The summed E-state index contributed by atoms with van der Waals surface area (Å²) in [6, 6.07) is 0.773. The fourth-order valence-corrected chi connectivity index (χ4v) is 3.65. The van der Waals surface area contributed by atoms with E-state index >= 15 is 0 Å². The summed E-state index contributed by atoms with van der Waals surface area (Å²) in [6.07, 6.45) is 7.00. The van der Waals surface area contributed by atoms with Crippen LogP contribution in [0.4, 0.5) is 0 Å². The minimum atomic E-state index is 0.469. The van der Waals surface area contributed by atoms with E-state index in [2.05, 4.69) is 44.8 Å². The fourth-order valence-electron chi connectivity index (χ4n) is 3.02. The maximum absolute atomic E-state index is 3.82. The van der Waals surface area contributed by atoms with Crippen LogP contribution in [0.2, 0.25) is 0 Å².